The fourth-order valence-electron chi connectivity index (χ4n) is 2.24. The minimum atomic E-state index is -0.236. The summed E-state index contributed by atoms with van der Waals surface area (Å²) in [6.45, 7) is 3.52. The van der Waals surface area contributed by atoms with Crippen LogP contribution < -0.4 is 10.6 Å². The second-order valence-corrected chi connectivity index (χ2v) is 4.92. The van der Waals surface area contributed by atoms with E-state index in [1.54, 1.807) is 12.1 Å². The van der Waals surface area contributed by atoms with Crippen molar-refractivity contribution in [1.29, 1.82) is 0 Å². The quantitative estimate of drug-likeness (QED) is 0.858. The van der Waals surface area contributed by atoms with E-state index in [1.165, 1.54) is 13.0 Å². The van der Waals surface area contributed by atoms with Crippen molar-refractivity contribution in [2.24, 2.45) is 0 Å². The minimum Gasteiger partial charge on any atom is -0.378 e. The summed E-state index contributed by atoms with van der Waals surface area (Å²) in [7, 11) is 0. The number of hydrogen-bond donors (Lipinski definition) is 2. The number of hydrogen-bond acceptors (Lipinski definition) is 2. The van der Waals surface area contributed by atoms with Crippen molar-refractivity contribution in [2.45, 2.75) is 26.3 Å². The van der Waals surface area contributed by atoms with E-state index < -0.39 is 0 Å². The smallest absolute Gasteiger partial charge is 0.221 e. The van der Waals surface area contributed by atoms with Gasteiger partial charge in [0.25, 0.3) is 0 Å². The molecule has 0 aliphatic rings. The van der Waals surface area contributed by atoms with Gasteiger partial charge in [-0.05, 0) is 42.3 Å². The number of rotatable bonds is 5. The summed E-state index contributed by atoms with van der Waals surface area (Å²) in [5.41, 5.74) is 2.53. The summed E-state index contributed by atoms with van der Waals surface area (Å²) in [5, 5.41) is 6.11. The van der Waals surface area contributed by atoms with Gasteiger partial charge in [-0.15, -0.1) is 0 Å². The maximum Gasteiger partial charge on any atom is 0.221 e. The predicted octanol–water partition coefficient (Wildman–Crippen LogP) is 4.35. The van der Waals surface area contributed by atoms with Crippen LogP contribution >= 0.6 is 0 Å². The number of carbonyl (C=O) groups is 1. The van der Waals surface area contributed by atoms with Crippen LogP contribution in [0.4, 0.5) is 15.8 Å². The molecule has 1 amide bonds. The average molecular weight is 286 g/mol. The molecule has 0 saturated heterocycles. The second kappa shape index (κ2) is 6.88. The van der Waals surface area contributed by atoms with E-state index in [0.717, 1.165) is 23.4 Å². The van der Waals surface area contributed by atoms with Gasteiger partial charge in [0.2, 0.25) is 5.91 Å². The Hall–Kier alpha value is -2.36. The zero-order valence-electron chi connectivity index (χ0n) is 12.2. The molecule has 3 nitrogen and oxygen atoms in total. The van der Waals surface area contributed by atoms with Crippen LogP contribution in [0.3, 0.4) is 0 Å². The van der Waals surface area contributed by atoms with Crippen molar-refractivity contribution in [3.63, 3.8) is 0 Å². The first-order valence-electron chi connectivity index (χ1n) is 6.98. The highest BCUT2D eigenvalue weighted by Crippen LogP contribution is 2.24. The molecule has 4 heteroatoms. The van der Waals surface area contributed by atoms with Crippen LogP contribution in [0.2, 0.25) is 0 Å². The molecular formula is C17H19FN2O. The number of nitrogens with one attached hydrogen (secondary N) is 2. The molecular weight excluding hydrogens is 267 g/mol. The SMILES string of the molecule is CCC(Nc1cccc(NC(C)=O)c1)c1cccc(F)c1. The predicted molar refractivity (Wildman–Crippen MR) is 83.8 cm³/mol. The summed E-state index contributed by atoms with van der Waals surface area (Å²) in [6, 6.07) is 14.1. The standard InChI is InChI=1S/C17H19FN2O/c1-3-17(13-6-4-7-14(18)10-13)20-16-9-5-8-15(11-16)19-12(2)21/h4-11,17,20H,3H2,1-2H3,(H,19,21). The van der Waals surface area contributed by atoms with Crippen LogP contribution in [0.25, 0.3) is 0 Å². The lowest BCUT2D eigenvalue weighted by Gasteiger charge is -2.19. The van der Waals surface area contributed by atoms with Crippen LogP contribution in [0.15, 0.2) is 48.5 Å². The zero-order valence-corrected chi connectivity index (χ0v) is 12.2. The van der Waals surface area contributed by atoms with E-state index in [1.807, 2.05) is 37.3 Å². The highest BCUT2D eigenvalue weighted by Gasteiger charge is 2.10. The lowest BCUT2D eigenvalue weighted by molar-refractivity contribution is -0.114. The van der Waals surface area contributed by atoms with E-state index in [4.69, 9.17) is 0 Å². The largest absolute Gasteiger partial charge is 0.378 e. The number of amides is 1. The molecule has 0 saturated carbocycles. The molecule has 0 fully saturated rings. The fourth-order valence-corrected chi connectivity index (χ4v) is 2.24. The maximum absolute atomic E-state index is 13.3. The van der Waals surface area contributed by atoms with Crippen LogP contribution in [0.5, 0.6) is 0 Å². The first-order valence-corrected chi connectivity index (χ1v) is 6.98. The molecule has 0 spiro atoms. The molecule has 2 aromatic rings. The topological polar surface area (TPSA) is 41.1 Å². The van der Waals surface area contributed by atoms with E-state index >= 15 is 0 Å². The van der Waals surface area contributed by atoms with E-state index in [-0.39, 0.29) is 17.8 Å². The monoisotopic (exact) mass is 286 g/mol. The lowest BCUT2D eigenvalue weighted by Crippen LogP contribution is -2.11. The van der Waals surface area contributed by atoms with Crippen LogP contribution in [-0.2, 0) is 4.79 Å². The Morgan fingerprint density at radius 2 is 1.86 bits per heavy atom. The van der Waals surface area contributed by atoms with Gasteiger partial charge in [-0.2, -0.15) is 0 Å². The number of carbonyl (C=O) groups excluding carboxylic acids is 1. The molecule has 0 radical (unpaired) electrons. The minimum absolute atomic E-state index is 0.0216. The Bertz CT molecular complexity index is 628. The van der Waals surface area contributed by atoms with Gasteiger partial charge in [0.05, 0.1) is 6.04 Å². The molecule has 2 aromatic carbocycles. The van der Waals surface area contributed by atoms with Gasteiger partial charge < -0.3 is 10.6 Å². The molecule has 0 aromatic heterocycles. The van der Waals surface area contributed by atoms with Gasteiger partial charge in [-0.1, -0.05) is 25.1 Å². The maximum atomic E-state index is 13.3. The van der Waals surface area contributed by atoms with E-state index in [2.05, 4.69) is 10.6 Å². The lowest BCUT2D eigenvalue weighted by atomic mass is 10.0. The third-order valence-corrected chi connectivity index (χ3v) is 3.18. The molecule has 21 heavy (non-hydrogen) atoms. The zero-order chi connectivity index (χ0) is 15.2. The average Bonchev–Trinajstić information content (AvgIpc) is 2.44. The fraction of sp³-hybridized carbons (Fsp3) is 0.235. The molecule has 2 N–H and O–H groups in total. The molecule has 0 bridgehead atoms. The Kier molecular flexibility index (Phi) is 4.93. The van der Waals surface area contributed by atoms with Crippen LogP contribution in [0.1, 0.15) is 31.9 Å². The molecule has 0 aliphatic heterocycles. The first kappa shape index (κ1) is 15.0. The highest BCUT2D eigenvalue weighted by molar-refractivity contribution is 5.89. The number of anilines is 2. The van der Waals surface area contributed by atoms with E-state index in [0.29, 0.717) is 0 Å². The highest BCUT2D eigenvalue weighted by atomic mass is 19.1. The normalized spacial score (nSPS) is 11.8. The van der Waals surface area contributed by atoms with Crippen molar-refractivity contribution in [2.75, 3.05) is 10.6 Å². The van der Waals surface area contributed by atoms with Gasteiger partial charge >= 0.3 is 0 Å². The van der Waals surface area contributed by atoms with Crippen LogP contribution in [0, 0.1) is 5.82 Å². The molecule has 2 rings (SSSR count). The van der Waals surface area contributed by atoms with Crippen LogP contribution in [-0.4, -0.2) is 5.91 Å². The Morgan fingerprint density at radius 1 is 1.14 bits per heavy atom. The summed E-state index contributed by atoms with van der Waals surface area (Å²) in [4.78, 5) is 11.1. The third-order valence-electron chi connectivity index (χ3n) is 3.18. The van der Waals surface area contributed by atoms with E-state index in [9.17, 15) is 9.18 Å². The van der Waals surface area contributed by atoms with Crippen molar-refractivity contribution in [3.8, 4) is 0 Å². The van der Waals surface area contributed by atoms with Gasteiger partial charge in [-0.3, -0.25) is 4.79 Å². The summed E-state index contributed by atoms with van der Waals surface area (Å²) in [6.07, 6.45) is 0.827. The number of benzene rings is 2. The van der Waals surface area contributed by atoms with Crippen molar-refractivity contribution >= 4 is 17.3 Å². The number of halogens is 1. The van der Waals surface area contributed by atoms with Gasteiger partial charge in [0.1, 0.15) is 5.82 Å². The molecule has 110 valence electrons. The Balaban J connectivity index is 2.17. The molecule has 1 atom stereocenters. The van der Waals surface area contributed by atoms with Crippen molar-refractivity contribution < 1.29 is 9.18 Å². The Labute approximate surface area is 124 Å². The molecule has 0 heterocycles. The Morgan fingerprint density at radius 3 is 2.52 bits per heavy atom. The molecule has 0 aliphatic carbocycles. The van der Waals surface area contributed by atoms with Gasteiger partial charge in [0.15, 0.2) is 0 Å². The van der Waals surface area contributed by atoms with Gasteiger partial charge in [-0.25, -0.2) is 4.39 Å². The summed E-state index contributed by atoms with van der Waals surface area (Å²) >= 11 is 0. The summed E-state index contributed by atoms with van der Waals surface area (Å²) in [5.74, 6) is -0.343. The summed E-state index contributed by atoms with van der Waals surface area (Å²) < 4.78 is 13.3. The van der Waals surface area contributed by atoms with Crippen molar-refractivity contribution in [3.05, 3.63) is 59.9 Å². The second-order valence-electron chi connectivity index (χ2n) is 4.92. The third kappa shape index (κ3) is 4.31. The molecule has 1 unspecified atom stereocenters. The van der Waals surface area contributed by atoms with Gasteiger partial charge in [0, 0.05) is 18.3 Å². The first-order chi connectivity index (χ1) is 10.1. The van der Waals surface area contributed by atoms with Crippen molar-refractivity contribution in [1.82, 2.24) is 0 Å².